The van der Waals surface area contributed by atoms with Crippen LogP contribution < -0.4 is 20.1 Å². The number of rotatable bonds is 9. The Morgan fingerprint density at radius 1 is 1.09 bits per heavy atom. The van der Waals surface area contributed by atoms with Crippen molar-refractivity contribution < 1.29 is 14.3 Å². The number of ether oxygens (including phenoxy) is 2. The van der Waals surface area contributed by atoms with E-state index in [9.17, 15) is 4.79 Å². The van der Waals surface area contributed by atoms with Crippen LogP contribution in [0.15, 0.2) is 24.3 Å². The third-order valence-electron chi connectivity index (χ3n) is 4.14. The molecule has 0 atom stereocenters. The van der Waals surface area contributed by atoms with Gasteiger partial charge >= 0.3 is 0 Å². The molecule has 1 aromatic rings. The molecule has 0 spiro atoms. The SMILES string of the molecule is COc1ccc(OCCNC(=O)CCNC2CCCCC2)cc1. The second kappa shape index (κ2) is 10.1. The molecule has 0 aromatic heterocycles. The molecule has 1 amide bonds. The maximum Gasteiger partial charge on any atom is 0.221 e. The molecule has 23 heavy (non-hydrogen) atoms. The fraction of sp³-hybridized carbons (Fsp3) is 0.611. The van der Waals surface area contributed by atoms with E-state index in [2.05, 4.69) is 10.6 Å². The highest BCUT2D eigenvalue weighted by Crippen LogP contribution is 2.17. The minimum Gasteiger partial charge on any atom is -0.497 e. The number of carbonyl (C=O) groups is 1. The van der Waals surface area contributed by atoms with E-state index in [-0.39, 0.29) is 5.91 Å². The van der Waals surface area contributed by atoms with E-state index in [1.807, 2.05) is 24.3 Å². The molecule has 5 nitrogen and oxygen atoms in total. The average Bonchev–Trinajstić information content (AvgIpc) is 2.60. The van der Waals surface area contributed by atoms with Gasteiger partial charge < -0.3 is 20.1 Å². The Hall–Kier alpha value is -1.75. The van der Waals surface area contributed by atoms with Gasteiger partial charge in [0.15, 0.2) is 0 Å². The van der Waals surface area contributed by atoms with E-state index in [1.165, 1.54) is 32.1 Å². The molecule has 1 aliphatic rings. The van der Waals surface area contributed by atoms with Gasteiger partial charge in [0.2, 0.25) is 5.91 Å². The van der Waals surface area contributed by atoms with Gasteiger partial charge in [-0.3, -0.25) is 4.79 Å². The number of hydrogen-bond acceptors (Lipinski definition) is 4. The third-order valence-corrected chi connectivity index (χ3v) is 4.14. The highest BCUT2D eigenvalue weighted by atomic mass is 16.5. The molecule has 2 N–H and O–H groups in total. The van der Waals surface area contributed by atoms with Crippen molar-refractivity contribution in [2.45, 2.75) is 44.6 Å². The predicted octanol–water partition coefficient (Wildman–Crippen LogP) is 2.50. The van der Waals surface area contributed by atoms with Gasteiger partial charge in [0, 0.05) is 19.0 Å². The number of amides is 1. The Bertz CT molecular complexity index is 456. The lowest BCUT2D eigenvalue weighted by atomic mass is 9.95. The zero-order valence-corrected chi connectivity index (χ0v) is 14.0. The van der Waals surface area contributed by atoms with Crippen LogP contribution in [0.5, 0.6) is 11.5 Å². The van der Waals surface area contributed by atoms with E-state index in [1.54, 1.807) is 7.11 Å². The van der Waals surface area contributed by atoms with Gasteiger partial charge in [-0.1, -0.05) is 19.3 Å². The van der Waals surface area contributed by atoms with Crippen LogP contribution in [0, 0.1) is 0 Å². The fourth-order valence-electron chi connectivity index (χ4n) is 2.82. The standard InChI is InChI=1S/C18H28N2O3/c1-22-16-7-9-17(10-8-16)23-14-13-20-18(21)11-12-19-15-5-3-2-4-6-15/h7-10,15,19H,2-6,11-14H2,1H3,(H,20,21). The predicted molar refractivity (Wildman–Crippen MR) is 91.0 cm³/mol. The summed E-state index contributed by atoms with van der Waals surface area (Å²) in [7, 11) is 1.63. The summed E-state index contributed by atoms with van der Waals surface area (Å²) in [4.78, 5) is 11.8. The Morgan fingerprint density at radius 3 is 2.48 bits per heavy atom. The quantitative estimate of drug-likeness (QED) is 0.686. The minimum atomic E-state index is 0.0756. The van der Waals surface area contributed by atoms with E-state index >= 15 is 0 Å². The zero-order valence-electron chi connectivity index (χ0n) is 14.0. The smallest absolute Gasteiger partial charge is 0.221 e. The van der Waals surface area contributed by atoms with Crippen LogP contribution in [0.25, 0.3) is 0 Å². The molecular weight excluding hydrogens is 292 g/mol. The lowest BCUT2D eigenvalue weighted by Crippen LogP contribution is -2.35. The number of nitrogens with one attached hydrogen (secondary N) is 2. The molecule has 1 fully saturated rings. The number of carbonyl (C=O) groups excluding carboxylic acids is 1. The Balaban J connectivity index is 1.50. The molecule has 0 radical (unpaired) electrons. The number of hydrogen-bond donors (Lipinski definition) is 2. The first-order valence-corrected chi connectivity index (χ1v) is 8.55. The lowest BCUT2D eigenvalue weighted by molar-refractivity contribution is -0.121. The highest BCUT2D eigenvalue weighted by Gasteiger charge is 2.12. The van der Waals surface area contributed by atoms with Gasteiger partial charge in [-0.25, -0.2) is 0 Å². The molecule has 128 valence electrons. The van der Waals surface area contributed by atoms with Crippen LogP contribution in [-0.2, 0) is 4.79 Å². The summed E-state index contributed by atoms with van der Waals surface area (Å²) in [5, 5.41) is 6.36. The van der Waals surface area contributed by atoms with Crippen molar-refractivity contribution in [3.8, 4) is 11.5 Å². The first-order chi connectivity index (χ1) is 11.3. The lowest BCUT2D eigenvalue weighted by Gasteiger charge is -2.22. The van der Waals surface area contributed by atoms with Crippen molar-refractivity contribution in [3.05, 3.63) is 24.3 Å². The molecule has 1 saturated carbocycles. The Kier molecular flexibility index (Phi) is 7.73. The molecule has 1 aromatic carbocycles. The summed E-state index contributed by atoms with van der Waals surface area (Å²) in [6.45, 7) is 1.75. The van der Waals surface area contributed by atoms with Crippen molar-refractivity contribution in [3.63, 3.8) is 0 Å². The first kappa shape index (κ1) is 17.6. The third kappa shape index (κ3) is 6.91. The van der Waals surface area contributed by atoms with Crippen molar-refractivity contribution >= 4 is 5.91 Å². The largest absolute Gasteiger partial charge is 0.497 e. The number of benzene rings is 1. The van der Waals surface area contributed by atoms with E-state index in [0.717, 1.165) is 18.0 Å². The van der Waals surface area contributed by atoms with Crippen LogP contribution in [0.4, 0.5) is 0 Å². The van der Waals surface area contributed by atoms with E-state index < -0.39 is 0 Å². The topological polar surface area (TPSA) is 59.6 Å². The van der Waals surface area contributed by atoms with Crippen LogP contribution >= 0.6 is 0 Å². The molecule has 2 rings (SSSR count). The van der Waals surface area contributed by atoms with Crippen LogP contribution in [0.1, 0.15) is 38.5 Å². The monoisotopic (exact) mass is 320 g/mol. The van der Waals surface area contributed by atoms with Gasteiger partial charge in [0.1, 0.15) is 18.1 Å². The van der Waals surface area contributed by atoms with E-state index in [0.29, 0.717) is 25.6 Å². The normalized spacial score (nSPS) is 15.2. The Labute approximate surface area is 138 Å². The minimum absolute atomic E-state index is 0.0756. The molecular formula is C18H28N2O3. The van der Waals surface area contributed by atoms with Crippen molar-refractivity contribution in [2.24, 2.45) is 0 Å². The highest BCUT2D eigenvalue weighted by molar-refractivity contribution is 5.76. The van der Waals surface area contributed by atoms with E-state index in [4.69, 9.17) is 9.47 Å². The van der Waals surface area contributed by atoms with Gasteiger partial charge in [-0.15, -0.1) is 0 Å². The summed E-state index contributed by atoms with van der Waals surface area (Å²) in [6.07, 6.45) is 7.00. The summed E-state index contributed by atoms with van der Waals surface area (Å²) in [6, 6.07) is 8.02. The maximum atomic E-state index is 11.8. The fourth-order valence-corrected chi connectivity index (χ4v) is 2.82. The summed E-state index contributed by atoms with van der Waals surface area (Å²) < 4.78 is 10.7. The second-order valence-electron chi connectivity index (χ2n) is 5.91. The molecule has 5 heteroatoms. The summed E-state index contributed by atoms with van der Waals surface area (Å²) in [5.41, 5.74) is 0. The summed E-state index contributed by atoms with van der Waals surface area (Å²) >= 11 is 0. The van der Waals surface area contributed by atoms with Gasteiger partial charge in [-0.05, 0) is 37.1 Å². The maximum absolute atomic E-state index is 11.8. The van der Waals surface area contributed by atoms with Crippen LogP contribution in [-0.4, -0.2) is 38.8 Å². The molecule has 0 unspecified atom stereocenters. The molecule has 0 heterocycles. The van der Waals surface area contributed by atoms with Crippen LogP contribution in [0.2, 0.25) is 0 Å². The van der Waals surface area contributed by atoms with Crippen molar-refractivity contribution in [1.29, 1.82) is 0 Å². The average molecular weight is 320 g/mol. The molecule has 0 aliphatic heterocycles. The van der Waals surface area contributed by atoms with Crippen LogP contribution in [0.3, 0.4) is 0 Å². The molecule has 0 bridgehead atoms. The van der Waals surface area contributed by atoms with Crippen molar-refractivity contribution in [1.82, 2.24) is 10.6 Å². The molecule has 0 saturated heterocycles. The summed E-state index contributed by atoms with van der Waals surface area (Å²) in [5.74, 6) is 1.65. The van der Waals surface area contributed by atoms with Gasteiger partial charge in [0.25, 0.3) is 0 Å². The van der Waals surface area contributed by atoms with Crippen molar-refractivity contribution in [2.75, 3.05) is 26.8 Å². The zero-order chi connectivity index (χ0) is 16.3. The van der Waals surface area contributed by atoms with Gasteiger partial charge in [-0.2, -0.15) is 0 Å². The number of methoxy groups -OCH3 is 1. The second-order valence-corrected chi connectivity index (χ2v) is 5.91. The first-order valence-electron chi connectivity index (χ1n) is 8.55. The molecule has 1 aliphatic carbocycles. The Morgan fingerprint density at radius 2 is 1.78 bits per heavy atom. The van der Waals surface area contributed by atoms with Gasteiger partial charge in [0.05, 0.1) is 13.7 Å².